The van der Waals surface area contributed by atoms with Crippen molar-refractivity contribution in [3.63, 3.8) is 0 Å². The fourth-order valence-corrected chi connectivity index (χ4v) is 3.57. The second-order valence-electron chi connectivity index (χ2n) is 5.83. The zero-order chi connectivity index (χ0) is 17.3. The van der Waals surface area contributed by atoms with Crippen molar-refractivity contribution in [2.24, 2.45) is 0 Å². The van der Waals surface area contributed by atoms with E-state index >= 15 is 0 Å². The third kappa shape index (κ3) is 3.77. The summed E-state index contributed by atoms with van der Waals surface area (Å²) in [5.74, 6) is 0.219. The van der Waals surface area contributed by atoms with Gasteiger partial charge in [-0.25, -0.2) is 15.0 Å². The van der Waals surface area contributed by atoms with Gasteiger partial charge in [-0.2, -0.15) is 13.2 Å². The molecule has 0 aromatic carbocycles. The molecule has 3 heterocycles. The van der Waals surface area contributed by atoms with Gasteiger partial charge >= 0.3 is 6.18 Å². The number of alkyl halides is 3. The van der Waals surface area contributed by atoms with Gasteiger partial charge in [-0.1, -0.05) is 0 Å². The van der Waals surface area contributed by atoms with Crippen molar-refractivity contribution in [1.82, 2.24) is 15.0 Å². The smallest absolute Gasteiger partial charge is 0.367 e. The molecule has 24 heavy (non-hydrogen) atoms. The number of thiazole rings is 1. The van der Waals surface area contributed by atoms with Crippen LogP contribution in [0.15, 0.2) is 12.4 Å². The molecular formula is C15H18F3N5S. The summed E-state index contributed by atoms with van der Waals surface area (Å²) >= 11 is 1.68. The SMILES string of the molecule is Cc1nc(N2CCC(Nc3cc(C(F)(F)F)ncn3)CC2)sc1C. The molecule has 1 N–H and O–H groups in total. The first-order valence-corrected chi connectivity index (χ1v) is 8.49. The van der Waals surface area contributed by atoms with Gasteiger partial charge in [0, 0.05) is 30.1 Å². The van der Waals surface area contributed by atoms with E-state index in [-0.39, 0.29) is 11.9 Å². The molecule has 0 atom stereocenters. The maximum Gasteiger partial charge on any atom is 0.433 e. The average Bonchev–Trinajstić information content (AvgIpc) is 2.87. The summed E-state index contributed by atoms with van der Waals surface area (Å²) in [5, 5.41) is 4.11. The molecule has 2 aromatic rings. The highest BCUT2D eigenvalue weighted by Crippen LogP contribution is 2.30. The summed E-state index contributed by atoms with van der Waals surface area (Å²) in [6.45, 7) is 5.69. The number of nitrogens with zero attached hydrogens (tertiary/aromatic N) is 4. The number of aryl methyl sites for hydroxylation is 2. The molecule has 1 aliphatic rings. The molecule has 3 rings (SSSR count). The van der Waals surface area contributed by atoms with Crippen molar-refractivity contribution >= 4 is 22.3 Å². The Balaban J connectivity index is 1.59. The lowest BCUT2D eigenvalue weighted by molar-refractivity contribution is -0.141. The van der Waals surface area contributed by atoms with Crippen LogP contribution < -0.4 is 10.2 Å². The van der Waals surface area contributed by atoms with Crippen LogP contribution in [0.1, 0.15) is 29.1 Å². The first-order valence-electron chi connectivity index (χ1n) is 7.67. The van der Waals surface area contributed by atoms with Crippen LogP contribution in [-0.4, -0.2) is 34.1 Å². The minimum Gasteiger partial charge on any atom is -0.367 e. The van der Waals surface area contributed by atoms with Gasteiger partial charge in [0.2, 0.25) is 0 Å². The fraction of sp³-hybridized carbons (Fsp3) is 0.533. The second kappa shape index (κ2) is 6.54. The second-order valence-corrected chi connectivity index (χ2v) is 7.01. The number of aromatic nitrogens is 3. The standard InChI is InChI=1S/C15H18F3N5S/c1-9-10(2)24-14(21-9)23-5-3-11(4-6-23)22-13-7-12(15(16,17)18)19-8-20-13/h7-8,11H,3-6H2,1-2H3,(H,19,20,22). The minimum atomic E-state index is -4.46. The number of hydrogen-bond donors (Lipinski definition) is 1. The number of halogens is 3. The van der Waals surface area contributed by atoms with Crippen molar-refractivity contribution in [1.29, 1.82) is 0 Å². The highest BCUT2D eigenvalue weighted by atomic mass is 32.1. The normalized spacial score (nSPS) is 16.5. The molecule has 5 nitrogen and oxygen atoms in total. The molecule has 0 amide bonds. The molecule has 1 aliphatic heterocycles. The van der Waals surface area contributed by atoms with Crippen LogP contribution in [-0.2, 0) is 6.18 Å². The third-order valence-electron chi connectivity index (χ3n) is 4.09. The summed E-state index contributed by atoms with van der Waals surface area (Å²) in [5.41, 5.74) is 0.127. The number of piperidine rings is 1. The molecule has 2 aromatic heterocycles. The van der Waals surface area contributed by atoms with Crippen molar-refractivity contribution < 1.29 is 13.2 Å². The molecule has 1 fully saturated rings. The Morgan fingerprint density at radius 1 is 1.21 bits per heavy atom. The first kappa shape index (κ1) is 16.9. The number of rotatable bonds is 3. The zero-order valence-corrected chi connectivity index (χ0v) is 14.2. The Hall–Kier alpha value is -1.90. The zero-order valence-electron chi connectivity index (χ0n) is 13.4. The molecule has 0 unspecified atom stereocenters. The van der Waals surface area contributed by atoms with Crippen LogP contribution in [0, 0.1) is 13.8 Å². The maximum atomic E-state index is 12.7. The van der Waals surface area contributed by atoms with Gasteiger partial charge in [-0.05, 0) is 26.7 Å². The fourth-order valence-electron chi connectivity index (χ4n) is 2.61. The van der Waals surface area contributed by atoms with E-state index in [1.165, 1.54) is 4.88 Å². The average molecular weight is 357 g/mol. The van der Waals surface area contributed by atoms with Crippen molar-refractivity contribution in [2.45, 2.75) is 38.9 Å². The van der Waals surface area contributed by atoms with Gasteiger partial charge in [0.05, 0.1) is 5.69 Å². The highest BCUT2D eigenvalue weighted by Gasteiger charge is 2.33. The maximum absolute atomic E-state index is 12.7. The summed E-state index contributed by atoms with van der Waals surface area (Å²) in [7, 11) is 0. The lowest BCUT2D eigenvalue weighted by Gasteiger charge is -2.32. The van der Waals surface area contributed by atoms with Gasteiger partial charge in [-0.15, -0.1) is 11.3 Å². The van der Waals surface area contributed by atoms with E-state index in [4.69, 9.17) is 0 Å². The van der Waals surface area contributed by atoms with E-state index < -0.39 is 11.9 Å². The Bertz CT molecular complexity index is 688. The van der Waals surface area contributed by atoms with E-state index in [0.717, 1.165) is 49.2 Å². The minimum absolute atomic E-state index is 0.0967. The van der Waals surface area contributed by atoms with E-state index in [9.17, 15) is 13.2 Å². The largest absolute Gasteiger partial charge is 0.433 e. The quantitative estimate of drug-likeness (QED) is 0.909. The molecule has 0 aliphatic carbocycles. The van der Waals surface area contributed by atoms with Gasteiger partial charge in [-0.3, -0.25) is 0 Å². The van der Waals surface area contributed by atoms with E-state index in [0.29, 0.717) is 0 Å². The molecule has 0 radical (unpaired) electrons. The van der Waals surface area contributed by atoms with Crippen LogP contribution in [0.5, 0.6) is 0 Å². The van der Waals surface area contributed by atoms with Crippen LogP contribution in [0.25, 0.3) is 0 Å². The lowest BCUT2D eigenvalue weighted by atomic mass is 10.1. The van der Waals surface area contributed by atoms with Crippen LogP contribution >= 0.6 is 11.3 Å². The number of nitrogens with one attached hydrogen (secondary N) is 1. The number of anilines is 2. The van der Waals surface area contributed by atoms with Gasteiger partial charge in [0.15, 0.2) is 5.13 Å². The highest BCUT2D eigenvalue weighted by molar-refractivity contribution is 7.15. The number of hydrogen-bond acceptors (Lipinski definition) is 6. The Labute approximate surface area is 142 Å². The molecule has 1 saturated heterocycles. The van der Waals surface area contributed by atoms with E-state index in [2.05, 4.69) is 32.1 Å². The Kier molecular flexibility index (Phi) is 4.62. The van der Waals surface area contributed by atoms with E-state index in [1.54, 1.807) is 11.3 Å². The monoisotopic (exact) mass is 357 g/mol. The van der Waals surface area contributed by atoms with Crippen molar-refractivity contribution in [3.05, 3.63) is 28.7 Å². The Morgan fingerprint density at radius 2 is 1.92 bits per heavy atom. The van der Waals surface area contributed by atoms with Crippen molar-refractivity contribution in [3.8, 4) is 0 Å². The predicted molar refractivity (Wildman–Crippen MR) is 87.5 cm³/mol. The van der Waals surface area contributed by atoms with Gasteiger partial charge in [0.1, 0.15) is 17.8 Å². The molecule has 0 spiro atoms. The van der Waals surface area contributed by atoms with Gasteiger partial charge < -0.3 is 10.2 Å². The molecular weight excluding hydrogens is 339 g/mol. The predicted octanol–water partition coefficient (Wildman–Crippen LogP) is 3.65. The van der Waals surface area contributed by atoms with Crippen molar-refractivity contribution in [2.75, 3.05) is 23.3 Å². The summed E-state index contributed by atoms with van der Waals surface area (Å²) in [4.78, 5) is 15.2. The van der Waals surface area contributed by atoms with Crippen LogP contribution in [0.2, 0.25) is 0 Å². The topological polar surface area (TPSA) is 53.9 Å². The molecule has 0 saturated carbocycles. The van der Waals surface area contributed by atoms with E-state index in [1.807, 2.05) is 6.92 Å². The van der Waals surface area contributed by atoms with Crippen LogP contribution in [0.3, 0.4) is 0 Å². The lowest BCUT2D eigenvalue weighted by Crippen LogP contribution is -2.39. The Morgan fingerprint density at radius 3 is 2.50 bits per heavy atom. The molecule has 9 heteroatoms. The summed E-state index contributed by atoms with van der Waals surface area (Å²) < 4.78 is 38.1. The van der Waals surface area contributed by atoms with Crippen LogP contribution in [0.4, 0.5) is 24.1 Å². The molecule has 0 bridgehead atoms. The summed E-state index contributed by atoms with van der Waals surface area (Å²) in [6, 6.07) is 1.05. The first-order chi connectivity index (χ1) is 11.3. The molecule has 130 valence electrons. The summed E-state index contributed by atoms with van der Waals surface area (Å²) in [6.07, 6.45) is -1.86. The van der Waals surface area contributed by atoms with Gasteiger partial charge in [0.25, 0.3) is 0 Å². The third-order valence-corrected chi connectivity index (χ3v) is 5.23.